The van der Waals surface area contributed by atoms with Crippen molar-refractivity contribution in [1.82, 2.24) is 25.5 Å². The van der Waals surface area contributed by atoms with Crippen molar-refractivity contribution in [3.63, 3.8) is 0 Å². The number of rotatable bonds is 8. The van der Waals surface area contributed by atoms with Gasteiger partial charge >= 0.3 is 0 Å². The molecule has 2 unspecified atom stereocenters. The summed E-state index contributed by atoms with van der Waals surface area (Å²) in [5.41, 5.74) is 6.19. The van der Waals surface area contributed by atoms with Crippen LogP contribution in [-0.2, 0) is 11.3 Å². The molecule has 0 saturated carbocycles. The molecule has 7 rings (SSSR count). The van der Waals surface area contributed by atoms with E-state index in [1.807, 2.05) is 48.5 Å². The third-order valence-corrected chi connectivity index (χ3v) is 8.35. The normalized spacial score (nSPS) is 18.7. The van der Waals surface area contributed by atoms with Gasteiger partial charge < -0.3 is 15.3 Å². The first-order valence-corrected chi connectivity index (χ1v) is 14.2. The summed E-state index contributed by atoms with van der Waals surface area (Å²) in [5.74, 6) is 0.0949. The Hall–Kier alpha value is -4.86. The first-order chi connectivity index (χ1) is 20.6. The van der Waals surface area contributed by atoms with Gasteiger partial charge in [0.05, 0.1) is 11.4 Å². The lowest BCUT2D eigenvalue weighted by atomic mass is 9.97. The van der Waals surface area contributed by atoms with Crippen LogP contribution in [0.5, 0.6) is 0 Å². The van der Waals surface area contributed by atoms with Crippen molar-refractivity contribution >= 4 is 17.3 Å². The topological polar surface area (TPSA) is 110 Å². The minimum Gasteiger partial charge on any atom is -0.378 e. The number of hydrogen-bond donors (Lipinski definition) is 3. The number of aliphatic hydroxyl groups excluding tert-OH is 1. The third-order valence-electron chi connectivity index (χ3n) is 8.35. The van der Waals surface area contributed by atoms with Crippen molar-refractivity contribution in [3.8, 4) is 22.5 Å². The Morgan fingerprint density at radius 3 is 2.36 bits per heavy atom. The maximum Gasteiger partial charge on any atom is 0.257 e. The molecule has 2 aliphatic heterocycles. The van der Waals surface area contributed by atoms with Gasteiger partial charge in [-0.05, 0) is 51.2 Å². The number of likely N-dealkylation sites (tertiary alicyclic amines) is 1. The van der Waals surface area contributed by atoms with Gasteiger partial charge in [-0.15, -0.1) is 5.10 Å². The smallest absolute Gasteiger partial charge is 0.257 e. The van der Waals surface area contributed by atoms with Crippen LogP contribution in [0.25, 0.3) is 22.5 Å². The Morgan fingerprint density at radius 1 is 0.905 bits per heavy atom. The number of tetrazole rings is 1. The van der Waals surface area contributed by atoms with Crippen LogP contribution < -0.4 is 10.2 Å². The number of fused-ring (bicyclic) bond motifs is 2. The van der Waals surface area contributed by atoms with Crippen molar-refractivity contribution in [2.24, 2.45) is 0 Å². The van der Waals surface area contributed by atoms with E-state index >= 15 is 0 Å². The Bertz CT molecular complexity index is 1680. The molecule has 0 spiro atoms. The number of nitrogens with zero attached hydrogens (tertiary/aromatic N) is 5. The molecule has 3 atom stereocenters. The molecule has 210 valence electrons. The Labute approximate surface area is 243 Å². The molecule has 9 nitrogen and oxygen atoms in total. The van der Waals surface area contributed by atoms with Crippen molar-refractivity contribution in [2.45, 2.75) is 31.2 Å². The number of aromatic amines is 1. The fraction of sp³-hybridized carbons (Fsp3) is 0.212. The molecule has 3 N–H and O–H groups in total. The molecular weight excluding hydrogens is 526 g/mol. The molecule has 5 aromatic rings. The van der Waals surface area contributed by atoms with Crippen LogP contribution in [0.2, 0.25) is 0 Å². The van der Waals surface area contributed by atoms with Crippen LogP contribution in [0.1, 0.15) is 23.7 Å². The number of carbonyl (C=O) groups excluding carboxylic acids is 1. The van der Waals surface area contributed by atoms with Gasteiger partial charge in [-0.2, -0.15) is 0 Å². The highest BCUT2D eigenvalue weighted by atomic mass is 16.3. The molecule has 9 heteroatoms. The van der Waals surface area contributed by atoms with Gasteiger partial charge in [0.25, 0.3) is 5.91 Å². The minimum atomic E-state index is -1.29. The van der Waals surface area contributed by atoms with Gasteiger partial charge in [-0.1, -0.05) is 91.0 Å². The zero-order valence-corrected chi connectivity index (χ0v) is 23.0. The standard InChI is InChI=1S/C33H31N7O2/c41-31(23-11-5-2-6-12-23)33(42)34-29-17-24(27-13-7-8-14-28(27)32-35-37-38-36-32)15-16-30(29)40-21-25-18-26(40)20-39(25)19-22-9-3-1-4-10-22/h1-17,25-26,31,41H,18-21H2,(H,34,42)(H,35,36,37,38)/t25?,26?,31-/m1/s1. The number of hydrogen-bond acceptors (Lipinski definition) is 7. The highest BCUT2D eigenvalue weighted by Crippen LogP contribution is 2.41. The lowest BCUT2D eigenvalue weighted by molar-refractivity contribution is -0.124. The second-order valence-electron chi connectivity index (χ2n) is 10.9. The number of carbonyl (C=O) groups is 1. The second-order valence-corrected chi connectivity index (χ2v) is 10.9. The second kappa shape index (κ2) is 11.2. The molecule has 2 aliphatic rings. The third kappa shape index (κ3) is 5.04. The van der Waals surface area contributed by atoms with E-state index in [-0.39, 0.29) is 0 Å². The average molecular weight is 558 g/mol. The highest BCUT2D eigenvalue weighted by Gasteiger charge is 2.43. The monoisotopic (exact) mass is 557 g/mol. The van der Waals surface area contributed by atoms with E-state index in [0.29, 0.717) is 29.2 Å². The predicted molar refractivity (Wildman–Crippen MR) is 161 cm³/mol. The Balaban J connectivity index is 1.21. The van der Waals surface area contributed by atoms with E-state index in [1.165, 1.54) is 5.56 Å². The summed E-state index contributed by atoms with van der Waals surface area (Å²) in [5, 5.41) is 28.4. The van der Waals surface area contributed by atoms with Crippen molar-refractivity contribution in [1.29, 1.82) is 0 Å². The van der Waals surface area contributed by atoms with Crippen LogP contribution in [-0.4, -0.2) is 61.7 Å². The molecule has 3 heterocycles. The van der Waals surface area contributed by atoms with Crippen LogP contribution in [0.4, 0.5) is 11.4 Å². The zero-order chi connectivity index (χ0) is 28.5. The predicted octanol–water partition coefficient (Wildman–Crippen LogP) is 4.67. The zero-order valence-electron chi connectivity index (χ0n) is 23.0. The summed E-state index contributed by atoms with van der Waals surface area (Å²) in [6.07, 6.45) is -0.206. The highest BCUT2D eigenvalue weighted by molar-refractivity contribution is 5.99. The number of aliphatic hydroxyl groups is 1. The number of benzene rings is 4. The van der Waals surface area contributed by atoms with Gasteiger partial charge in [0.2, 0.25) is 0 Å². The van der Waals surface area contributed by atoms with E-state index in [4.69, 9.17) is 0 Å². The molecule has 0 radical (unpaired) electrons. The van der Waals surface area contributed by atoms with Crippen LogP contribution in [0.3, 0.4) is 0 Å². The molecular formula is C33H31N7O2. The van der Waals surface area contributed by atoms with Crippen molar-refractivity contribution in [3.05, 3.63) is 114 Å². The van der Waals surface area contributed by atoms with Crippen LogP contribution in [0, 0.1) is 0 Å². The molecule has 1 aromatic heterocycles. The molecule has 1 amide bonds. The average Bonchev–Trinajstić information content (AvgIpc) is 3.80. The number of nitrogens with one attached hydrogen (secondary N) is 2. The largest absolute Gasteiger partial charge is 0.378 e. The summed E-state index contributed by atoms with van der Waals surface area (Å²) >= 11 is 0. The van der Waals surface area contributed by atoms with E-state index in [2.05, 4.69) is 78.2 Å². The quantitative estimate of drug-likeness (QED) is 0.254. The van der Waals surface area contributed by atoms with E-state index in [1.54, 1.807) is 12.1 Å². The number of H-pyrrole nitrogens is 1. The summed E-state index contributed by atoms with van der Waals surface area (Å²) in [6, 6.07) is 34.4. The number of anilines is 2. The Kier molecular flexibility index (Phi) is 6.95. The van der Waals surface area contributed by atoms with E-state index in [0.717, 1.165) is 48.4 Å². The van der Waals surface area contributed by atoms with E-state index < -0.39 is 12.0 Å². The van der Waals surface area contributed by atoms with Crippen molar-refractivity contribution < 1.29 is 9.90 Å². The summed E-state index contributed by atoms with van der Waals surface area (Å²) < 4.78 is 0. The van der Waals surface area contributed by atoms with Gasteiger partial charge in [0.1, 0.15) is 0 Å². The molecule has 2 bridgehead atoms. The first-order valence-electron chi connectivity index (χ1n) is 14.2. The fourth-order valence-electron chi connectivity index (χ4n) is 6.31. The number of amides is 1. The van der Waals surface area contributed by atoms with Gasteiger partial charge in [-0.25, -0.2) is 5.10 Å². The van der Waals surface area contributed by atoms with E-state index in [9.17, 15) is 9.90 Å². The van der Waals surface area contributed by atoms with Crippen LogP contribution >= 0.6 is 0 Å². The number of piperazine rings is 1. The minimum absolute atomic E-state index is 0.340. The summed E-state index contributed by atoms with van der Waals surface area (Å²) in [6.45, 7) is 2.78. The SMILES string of the molecule is O=C(Nc1cc(-c2ccccc2-c2nnn[nH]2)ccc1N1CC2CC1CN2Cc1ccccc1)[C@H](O)c1ccccc1. The van der Waals surface area contributed by atoms with Gasteiger partial charge in [-0.3, -0.25) is 9.69 Å². The van der Waals surface area contributed by atoms with Crippen LogP contribution in [0.15, 0.2) is 103 Å². The summed E-state index contributed by atoms with van der Waals surface area (Å²) in [4.78, 5) is 18.3. The summed E-state index contributed by atoms with van der Waals surface area (Å²) in [7, 11) is 0. The molecule has 4 aromatic carbocycles. The lowest BCUT2D eigenvalue weighted by Crippen LogP contribution is -2.46. The maximum atomic E-state index is 13.4. The number of aromatic nitrogens is 4. The lowest BCUT2D eigenvalue weighted by Gasteiger charge is -2.36. The van der Waals surface area contributed by atoms with Crippen molar-refractivity contribution in [2.75, 3.05) is 23.3 Å². The molecule has 0 aliphatic carbocycles. The molecule has 2 fully saturated rings. The molecule has 2 saturated heterocycles. The maximum absolute atomic E-state index is 13.4. The first kappa shape index (κ1) is 26.1. The van der Waals surface area contributed by atoms with Gasteiger partial charge in [0, 0.05) is 37.3 Å². The molecule has 42 heavy (non-hydrogen) atoms. The Morgan fingerprint density at radius 2 is 1.64 bits per heavy atom. The fourth-order valence-corrected chi connectivity index (χ4v) is 6.31. The van der Waals surface area contributed by atoms with Gasteiger partial charge in [0.15, 0.2) is 11.9 Å².